The average Bonchev–Trinajstić information content (AvgIpc) is 2.46. The molecule has 1 aromatic rings. The monoisotopic (exact) mass is 213 g/mol. The number of aromatic nitrogens is 2. The van der Waals surface area contributed by atoms with Crippen molar-refractivity contribution >= 4 is 17.6 Å². The highest BCUT2D eigenvalue weighted by Crippen LogP contribution is 2.07. The van der Waals surface area contributed by atoms with Crippen molar-refractivity contribution in [1.29, 1.82) is 0 Å². The van der Waals surface area contributed by atoms with Gasteiger partial charge in [-0.15, -0.1) is 0 Å². The molecule has 0 saturated carbocycles. The summed E-state index contributed by atoms with van der Waals surface area (Å²) in [6, 6.07) is 2.08. The van der Waals surface area contributed by atoms with Crippen molar-refractivity contribution in [3.05, 3.63) is 11.8 Å². The summed E-state index contributed by atoms with van der Waals surface area (Å²) in [4.78, 5) is 0. The Morgan fingerprint density at radius 1 is 1.57 bits per heavy atom. The fourth-order valence-electron chi connectivity index (χ4n) is 1.18. The van der Waals surface area contributed by atoms with Crippen molar-refractivity contribution < 1.29 is 0 Å². The van der Waals surface area contributed by atoms with E-state index in [0.29, 0.717) is 0 Å². The van der Waals surface area contributed by atoms with Crippen LogP contribution in [0.15, 0.2) is 6.07 Å². The number of anilines is 1. The number of thioether (sulfide) groups is 1. The Kier molecular flexibility index (Phi) is 4.87. The predicted molar refractivity (Wildman–Crippen MR) is 64.1 cm³/mol. The smallest absolute Gasteiger partial charge is 0.148 e. The summed E-state index contributed by atoms with van der Waals surface area (Å²) >= 11 is 1.99. The van der Waals surface area contributed by atoms with E-state index < -0.39 is 0 Å². The third-order valence-electron chi connectivity index (χ3n) is 2.09. The maximum absolute atomic E-state index is 4.33. The summed E-state index contributed by atoms with van der Waals surface area (Å²) < 4.78 is 1.89. The van der Waals surface area contributed by atoms with Gasteiger partial charge in [-0.05, 0) is 24.9 Å². The Balaban J connectivity index is 2.18. The van der Waals surface area contributed by atoms with Crippen LogP contribution in [0.4, 0.5) is 5.82 Å². The molecule has 0 aliphatic carbocycles. The lowest BCUT2D eigenvalue weighted by Crippen LogP contribution is -2.03. The van der Waals surface area contributed by atoms with Crippen LogP contribution in [0.1, 0.15) is 19.0 Å². The lowest BCUT2D eigenvalue weighted by atomic mass is 10.4. The Hall–Kier alpha value is -0.640. The van der Waals surface area contributed by atoms with Gasteiger partial charge in [0.2, 0.25) is 0 Å². The van der Waals surface area contributed by atoms with Crippen LogP contribution in [-0.4, -0.2) is 27.8 Å². The topological polar surface area (TPSA) is 29.9 Å². The van der Waals surface area contributed by atoms with Gasteiger partial charge in [-0.2, -0.15) is 16.9 Å². The second kappa shape index (κ2) is 5.96. The minimum atomic E-state index is 0.992. The molecule has 0 bridgehead atoms. The van der Waals surface area contributed by atoms with Crippen LogP contribution < -0.4 is 5.32 Å². The minimum absolute atomic E-state index is 0.992. The standard InChI is InChI=1S/C10H19N3S/c1-4-14-7-5-6-11-10-8-9(2)13(3)12-10/h8H,4-7H2,1-3H3,(H,11,12). The molecule has 1 N–H and O–H groups in total. The Labute approximate surface area is 90.3 Å². The summed E-state index contributed by atoms with van der Waals surface area (Å²) in [5, 5.41) is 7.65. The number of nitrogens with one attached hydrogen (secondary N) is 1. The number of hydrogen-bond acceptors (Lipinski definition) is 3. The van der Waals surface area contributed by atoms with Crippen LogP contribution in [0.5, 0.6) is 0 Å². The van der Waals surface area contributed by atoms with Gasteiger partial charge in [-0.3, -0.25) is 4.68 Å². The number of aryl methyl sites for hydroxylation is 2. The van der Waals surface area contributed by atoms with Crippen LogP contribution in [0.2, 0.25) is 0 Å². The van der Waals surface area contributed by atoms with Gasteiger partial charge in [0.05, 0.1) is 0 Å². The van der Waals surface area contributed by atoms with E-state index >= 15 is 0 Å². The first-order valence-corrected chi connectivity index (χ1v) is 6.21. The molecule has 1 rings (SSSR count). The summed E-state index contributed by atoms with van der Waals surface area (Å²) in [5.74, 6) is 3.43. The lowest BCUT2D eigenvalue weighted by Gasteiger charge is -2.01. The fourth-order valence-corrected chi connectivity index (χ4v) is 1.82. The summed E-state index contributed by atoms with van der Waals surface area (Å²) in [7, 11) is 1.97. The van der Waals surface area contributed by atoms with Crippen LogP contribution >= 0.6 is 11.8 Å². The molecule has 0 fully saturated rings. The first-order valence-electron chi connectivity index (χ1n) is 5.06. The van der Waals surface area contributed by atoms with Crippen molar-refractivity contribution in [1.82, 2.24) is 9.78 Å². The minimum Gasteiger partial charge on any atom is -0.369 e. The van der Waals surface area contributed by atoms with E-state index in [1.807, 2.05) is 23.5 Å². The van der Waals surface area contributed by atoms with Gasteiger partial charge in [-0.1, -0.05) is 6.92 Å². The molecule has 0 saturated heterocycles. The van der Waals surface area contributed by atoms with E-state index in [1.165, 1.54) is 23.6 Å². The number of nitrogens with zero attached hydrogens (tertiary/aromatic N) is 2. The Morgan fingerprint density at radius 2 is 2.36 bits per heavy atom. The highest BCUT2D eigenvalue weighted by Gasteiger charge is 1.98. The molecule has 0 aliphatic rings. The Bertz CT molecular complexity index is 251. The highest BCUT2D eigenvalue weighted by atomic mass is 32.2. The van der Waals surface area contributed by atoms with Gasteiger partial charge in [-0.25, -0.2) is 0 Å². The zero-order chi connectivity index (χ0) is 10.4. The summed E-state index contributed by atoms with van der Waals surface area (Å²) in [6.45, 7) is 5.27. The van der Waals surface area contributed by atoms with E-state index in [0.717, 1.165) is 12.4 Å². The van der Waals surface area contributed by atoms with Crippen LogP contribution in [0.3, 0.4) is 0 Å². The van der Waals surface area contributed by atoms with Crippen LogP contribution in [-0.2, 0) is 7.05 Å². The zero-order valence-electron chi connectivity index (χ0n) is 9.21. The molecular formula is C10H19N3S. The van der Waals surface area contributed by atoms with E-state index in [4.69, 9.17) is 0 Å². The second-order valence-electron chi connectivity index (χ2n) is 3.27. The van der Waals surface area contributed by atoms with Crippen molar-refractivity contribution in [2.75, 3.05) is 23.4 Å². The maximum Gasteiger partial charge on any atom is 0.148 e. The quantitative estimate of drug-likeness (QED) is 0.735. The number of hydrogen-bond donors (Lipinski definition) is 1. The molecule has 14 heavy (non-hydrogen) atoms. The number of rotatable bonds is 6. The fraction of sp³-hybridized carbons (Fsp3) is 0.700. The van der Waals surface area contributed by atoms with Gasteiger partial charge in [0.1, 0.15) is 5.82 Å². The molecule has 0 spiro atoms. The van der Waals surface area contributed by atoms with Gasteiger partial charge < -0.3 is 5.32 Å². The highest BCUT2D eigenvalue weighted by molar-refractivity contribution is 7.99. The van der Waals surface area contributed by atoms with Gasteiger partial charge in [0.15, 0.2) is 0 Å². The third kappa shape index (κ3) is 3.62. The normalized spacial score (nSPS) is 10.5. The molecule has 0 unspecified atom stereocenters. The molecule has 80 valence electrons. The van der Waals surface area contributed by atoms with Crippen molar-refractivity contribution in [3.8, 4) is 0 Å². The van der Waals surface area contributed by atoms with Crippen molar-refractivity contribution in [2.45, 2.75) is 20.3 Å². The van der Waals surface area contributed by atoms with E-state index in [-0.39, 0.29) is 0 Å². The van der Waals surface area contributed by atoms with Gasteiger partial charge in [0.25, 0.3) is 0 Å². The molecule has 0 atom stereocenters. The molecule has 1 heterocycles. The zero-order valence-corrected chi connectivity index (χ0v) is 10.0. The average molecular weight is 213 g/mol. The van der Waals surface area contributed by atoms with Gasteiger partial charge in [0, 0.05) is 25.4 Å². The molecule has 3 nitrogen and oxygen atoms in total. The molecule has 0 amide bonds. The van der Waals surface area contributed by atoms with Crippen LogP contribution in [0, 0.1) is 6.92 Å². The molecule has 0 radical (unpaired) electrons. The Morgan fingerprint density at radius 3 is 2.93 bits per heavy atom. The van der Waals surface area contributed by atoms with E-state index in [2.05, 4.69) is 30.3 Å². The van der Waals surface area contributed by atoms with E-state index in [1.54, 1.807) is 0 Å². The SMILES string of the molecule is CCSCCCNc1cc(C)n(C)n1. The van der Waals surface area contributed by atoms with Gasteiger partial charge >= 0.3 is 0 Å². The molecule has 1 aromatic heterocycles. The van der Waals surface area contributed by atoms with Crippen molar-refractivity contribution in [2.24, 2.45) is 7.05 Å². The first kappa shape index (κ1) is 11.4. The first-order chi connectivity index (χ1) is 6.74. The molecule has 0 aliphatic heterocycles. The maximum atomic E-state index is 4.33. The van der Waals surface area contributed by atoms with E-state index in [9.17, 15) is 0 Å². The third-order valence-corrected chi connectivity index (χ3v) is 3.08. The summed E-state index contributed by atoms with van der Waals surface area (Å²) in [5.41, 5.74) is 1.19. The largest absolute Gasteiger partial charge is 0.369 e. The predicted octanol–water partition coefficient (Wildman–Crippen LogP) is 2.28. The second-order valence-corrected chi connectivity index (χ2v) is 4.67. The lowest BCUT2D eigenvalue weighted by molar-refractivity contribution is 0.740. The van der Waals surface area contributed by atoms with Crippen LogP contribution in [0.25, 0.3) is 0 Å². The molecule has 4 heteroatoms. The molecule has 0 aromatic carbocycles. The van der Waals surface area contributed by atoms with Crippen molar-refractivity contribution in [3.63, 3.8) is 0 Å². The molecular weight excluding hydrogens is 194 g/mol. The summed E-state index contributed by atoms with van der Waals surface area (Å²) in [6.07, 6.45) is 1.20.